The largest absolute Gasteiger partial charge is 1.00 e. The third-order valence-electron chi connectivity index (χ3n) is 7.35. The molecular formula is C32H64BrNO2. The van der Waals surface area contributed by atoms with Crippen molar-refractivity contribution in [2.24, 2.45) is 0 Å². The summed E-state index contributed by atoms with van der Waals surface area (Å²) in [5, 5.41) is 0. The van der Waals surface area contributed by atoms with Crippen molar-refractivity contribution >= 4 is 5.97 Å². The van der Waals surface area contributed by atoms with Crippen molar-refractivity contribution in [1.82, 2.24) is 0 Å². The lowest BCUT2D eigenvalue weighted by Gasteiger charge is -2.19. The Morgan fingerprint density at radius 3 is 1.11 bits per heavy atom. The van der Waals surface area contributed by atoms with E-state index in [1.807, 2.05) is 0 Å². The maximum Gasteiger partial charge on any atom is 0.334 e. The van der Waals surface area contributed by atoms with Crippen LogP contribution in [0.1, 0.15) is 168 Å². The van der Waals surface area contributed by atoms with Crippen LogP contribution < -0.4 is 21.9 Å². The summed E-state index contributed by atoms with van der Waals surface area (Å²) in [6.45, 7) is 10.8. The average Bonchev–Trinajstić information content (AvgIpc) is 2.87. The smallest absolute Gasteiger partial charge is 0.334 e. The van der Waals surface area contributed by atoms with Gasteiger partial charge in [-0.25, -0.2) is 4.79 Å². The number of rotatable bonds is 29. The standard InChI is InChI=1S/C32H63NO2.BrH/c1-4-7-9-11-13-15-17-19-21-23-25-27-29-33(31-35-32(34)6-3)30-28-26-24-22-20-18-16-14-12-10-8-5-2;/h6H,3-5,7-31H2,1-2H3;1H. The van der Waals surface area contributed by atoms with E-state index < -0.39 is 0 Å². The van der Waals surface area contributed by atoms with E-state index in [-0.39, 0.29) is 23.0 Å². The number of quaternary nitrogens is 1. The quantitative estimate of drug-likeness (QED) is 0.0517. The summed E-state index contributed by atoms with van der Waals surface area (Å²) in [5.74, 6) is -0.285. The van der Waals surface area contributed by atoms with Crippen LogP contribution in [0.2, 0.25) is 0 Å². The molecule has 0 heterocycles. The molecule has 0 radical (unpaired) electrons. The number of carbonyl (C=O) groups excluding carboxylic acids is 1. The van der Waals surface area contributed by atoms with E-state index >= 15 is 0 Å². The lowest BCUT2D eigenvalue weighted by atomic mass is 10.0. The highest BCUT2D eigenvalue weighted by Gasteiger charge is 2.10. The number of ether oxygens (including phenoxy) is 1. The highest BCUT2D eigenvalue weighted by Crippen LogP contribution is 2.13. The van der Waals surface area contributed by atoms with Crippen molar-refractivity contribution in [2.75, 3.05) is 19.8 Å². The first-order valence-corrected chi connectivity index (χ1v) is 15.9. The lowest BCUT2D eigenvalue weighted by molar-refractivity contribution is -0.917. The van der Waals surface area contributed by atoms with Crippen LogP contribution in [0.5, 0.6) is 0 Å². The van der Waals surface area contributed by atoms with Gasteiger partial charge in [0, 0.05) is 6.08 Å². The summed E-state index contributed by atoms with van der Waals surface area (Å²) >= 11 is 0. The molecule has 0 aromatic heterocycles. The van der Waals surface area contributed by atoms with E-state index in [9.17, 15) is 4.79 Å². The molecule has 1 N–H and O–H groups in total. The van der Waals surface area contributed by atoms with Crippen LogP contribution >= 0.6 is 0 Å². The second-order valence-corrected chi connectivity index (χ2v) is 10.8. The second-order valence-electron chi connectivity index (χ2n) is 10.8. The van der Waals surface area contributed by atoms with Crippen molar-refractivity contribution < 1.29 is 31.4 Å². The number of esters is 1. The molecule has 0 saturated heterocycles. The van der Waals surface area contributed by atoms with Crippen LogP contribution in [-0.2, 0) is 9.53 Å². The molecule has 0 fully saturated rings. The summed E-state index contributed by atoms with van der Waals surface area (Å²) in [5.41, 5.74) is 0. The maximum absolute atomic E-state index is 11.5. The number of nitrogens with one attached hydrogen (secondary N) is 1. The van der Waals surface area contributed by atoms with Gasteiger partial charge in [0.05, 0.1) is 13.1 Å². The minimum Gasteiger partial charge on any atom is -1.00 e. The van der Waals surface area contributed by atoms with Crippen molar-refractivity contribution in [2.45, 2.75) is 168 Å². The molecule has 0 spiro atoms. The topological polar surface area (TPSA) is 30.7 Å². The zero-order valence-electron chi connectivity index (χ0n) is 24.6. The van der Waals surface area contributed by atoms with Gasteiger partial charge in [-0.2, -0.15) is 0 Å². The van der Waals surface area contributed by atoms with Crippen LogP contribution in [0.3, 0.4) is 0 Å². The molecule has 216 valence electrons. The van der Waals surface area contributed by atoms with E-state index in [4.69, 9.17) is 4.74 Å². The molecule has 0 aliphatic carbocycles. The van der Waals surface area contributed by atoms with E-state index in [1.54, 1.807) is 0 Å². The van der Waals surface area contributed by atoms with Gasteiger partial charge in [0.25, 0.3) is 0 Å². The molecule has 4 heteroatoms. The van der Waals surface area contributed by atoms with Crippen molar-refractivity contribution in [1.29, 1.82) is 0 Å². The molecule has 0 aliphatic rings. The summed E-state index contributed by atoms with van der Waals surface area (Å²) in [4.78, 5) is 12.9. The lowest BCUT2D eigenvalue weighted by Crippen LogP contribution is -3.12. The van der Waals surface area contributed by atoms with Crippen molar-refractivity contribution in [3.8, 4) is 0 Å². The highest BCUT2D eigenvalue weighted by molar-refractivity contribution is 5.81. The summed E-state index contributed by atoms with van der Waals surface area (Å²) in [6, 6.07) is 0. The highest BCUT2D eigenvalue weighted by atomic mass is 79.9. The molecule has 0 aliphatic heterocycles. The molecule has 0 rings (SSSR count). The molecule has 3 nitrogen and oxygen atoms in total. The number of halogens is 1. The Labute approximate surface area is 237 Å². The van der Waals surface area contributed by atoms with Crippen LogP contribution in [0.4, 0.5) is 0 Å². The van der Waals surface area contributed by atoms with Gasteiger partial charge in [-0.15, -0.1) is 0 Å². The maximum atomic E-state index is 11.5. The second kappa shape index (κ2) is 32.7. The Morgan fingerprint density at radius 2 is 0.833 bits per heavy atom. The predicted molar refractivity (Wildman–Crippen MR) is 154 cm³/mol. The number of hydrogen-bond donors (Lipinski definition) is 1. The fourth-order valence-corrected chi connectivity index (χ4v) is 4.93. The monoisotopic (exact) mass is 573 g/mol. The Morgan fingerprint density at radius 1 is 0.556 bits per heavy atom. The fourth-order valence-electron chi connectivity index (χ4n) is 4.93. The summed E-state index contributed by atoms with van der Waals surface area (Å²) in [7, 11) is 0. The molecule has 0 aromatic rings. The molecule has 36 heavy (non-hydrogen) atoms. The van der Waals surface area contributed by atoms with Crippen LogP contribution in [0.15, 0.2) is 12.7 Å². The Hall–Kier alpha value is -0.350. The Balaban J connectivity index is 0. The molecule has 0 amide bonds. The first-order chi connectivity index (χ1) is 17.2. The van der Waals surface area contributed by atoms with Gasteiger partial charge >= 0.3 is 5.97 Å². The van der Waals surface area contributed by atoms with Gasteiger partial charge in [0.2, 0.25) is 6.73 Å². The summed E-state index contributed by atoms with van der Waals surface area (Å²) in [6.07, 6.45) is 34.5. The molecule has 0 saturated carbocycles. The zero-order chi connectivity index (χ0) is 25.7. The first kappa shape index (κ1) is 37.8. The third kappa shape index (κ3) is 29.9. The van der Waals surface area contributed by atoms with Crippen molar-refractivity contribution in [3.63, 3.8) is 0 Å². The van der Waals surface area contributed by atoms with E-state index in [0.717, 1.165) is 13.1 Å². The molecule has 0 atom stereocenters. The van der Waals surface area contributed by atoms with Gasteiger partial charge in [-0.3, -0.25) is 0 Å². The number of carbonyl (C=O) groups is 1. The predicted octanol–water partition coefficient (Wildman–Crippen LogP) is 5.96. The average molecular weight is 575 g/mol. The molecule has 0 bridgehead atoms. The SMILES string of the molecule is C=CC(=O)OC[NH+](CCCCCCCCCCCCCC)CCCCCCCCCCCCCC.[Br-]. The van der Waals surface area contributed by atoms with E-state index in [1.165, 1.54) is 165 Å². The van der Waals surface area contributed by atoms with Crippen LogP contribution in [0.25, 0.3) is 0 Å². The minimum atomic E-state index is -0.285. The Bertz CT molecular complexity index is 416. The Kier molecular flexibility index (Phi) is 34.3. The first-order valence-electron chi connectivity index (χ1n) is 15.9. The molecule has 0 unspecified atom stereocenters. The third-order valence-corrected chi connectivity index (χ3v) is 7.35. The van der Waals surface area contributed by atoms with E-state index in [2.05, 4.69) is 20.4 Å². The van der Waals surface area contributed by atoms with Crippen LogP contribution in [-0.4, -0.2) is 25.8 Å². The van der Waals surface area contributed by atoms with Crippen LogP contribution in [0, 0.1) is 0 Å². The van der Waals surface area contributed by atoms with Gasteiger partial charge in [-0.05, 0) is 25.7 Å². The van der Waals surface area contributed by atoms with E-state index in [0.29, 0.717) is 6.73 Å². The van der Waals surface area contributed by atoms with Gasteiger partial charge in [0.15, 0.2) is 0 Å². The van der Waals surface area contributed by atoms with Gasteiger partial charge < -0.3 is 26.6 Å². The van der Waals surface area contributed by atoms with Crippen molar-refractivity contribution in [3.05, 3.63) is 12.7 Å². The summed E-state index contributed by atoms with van der Waals surface area (Å²) < 4.78 is 5.37. The molecule has 0 aromatic carbocycles. The normalized spacial score (nSPS) is 11.0. The minimum absolute atomic E-state index is 0. The van der Waals surface area contributed by atoms with Gasteiger partial charge in [-0.1, -0.05) is 149 Å². The number of unbranched alkanes of at least 4 members (excludes halogenated alkanes) is 22. The molecular weight excluding hydrogens is 510 g/mol. The zero-order valence-corrected chi connectivity index (χ0v) is 26.2. The van der Waals surface area contributed by atoms with Gasteiger partial charge in [0.1, 0.15) is 0 Å². The fraction of sp³-hybridized carbons (Fsp3) is 0.906. The number of hydrogen-bond acceptors (Lipinski definition) is 2.